The molecule has 1 aliphatic rings. The molecular formula is C16H21NO4. The summed E-state index contributed by atoms with van der Waals surface area (Å²) in [5.41, 5.74) is 0.666. The summed E-state index contributed by atoms with van der Waals surface area (Å²) in [6, 6.07) is 7.12. The van der Waals surface area contributed by atoms with Crippen LogP contribution in [-0.4, -0.2) is 42.1 Å². The van der Waals surface area contributed by atoms with Crippen molar-refractivity contribution < 1.29 is 19.4 Å². The van der Waals surface area contributed by atoms with Crippen LogP contribution in [0.3, 0.4) is 0 Å². The molecule has 2 rings (SSSR count). The number of aliphatic carboxylic acids is 1. The lowest BCUT2D eigenvalue weighted by atomic mass is 9.92. The number of ether oxygens (including phenoxy) is 1. The molecule has 1 aromatic carbocycles. The van der Waals surface area contributed by atoms with Crippen molar-refractivity contribution in [1.82, 2.24) is 4.90 Å². The van der Waals surface area contributed by atoms with Crippen molar-refractivity contribution in [3.05, 3.63) is 29.8 Å². The van der Waals surface area contributed by atoms with Gasteiger partial charge in [-0.05, 0) is 49.4 Å². The van der Waals surface area contributed by atoms with E-state index in [-0.39, 0.29) is 12.3 Å². The molecule has 1 aliphatic heterocycles. The average molecular weight is 291 g/mol. The first-order valence-corrected chi connectivity index (χ1v) is 7.25. The molecule has 21 heavy (non-hydrogen) atoms. The van der Waals surface area contributed by atoms with Gasteiger partial charge in [-0.2, -0.15) is 0 Å². The predicted octanol–water partition coefficient (Wildman–Crippen LogP) is 2.41. The number of piperidine rings is 1. The SMILES string of the molecule is COc1ccc(C(=O)N2CCC(CCC(=O)O)CC2)cc1. The Morgan fingerprint density at radius 1 is 1.24 bits per heavy atom. The van der Waals surface area contributed by atoms with E-state index in [0.717, 1.165) is 18.6 Å². The van der Waals surface area contributed by atoms with Crippen LogP contribution in [0, 0.1) is 5.92 Å². The second kappa shape index (κ2) is 7.11. The van der Waals surface area contributed by atoms with Crippen LogP contribution in [0.15, 0.2) is 24.3 Å². The Balaban J connectivity index is 1.86. The van der Waals surface area contributed by atoms with Crippen molar-refractivity contribution in [2.75, 3.05) is 20.2 Å². The van der Waals surface area contributed by atoms with Crippen LogP contribution >= 0.6 is 0 Å². The predicted molar refractivity (Wildman–Crippen MR) is 78.5 cm³/mol. The van der Waals surface area contributed by atoms with E-state index >= 15 is 0 Å². The summed E-state index contributed by atoms with van der Waals surface area (Å²) in [7, 11) is 1.60. The third kappa shape index (κ3) is 4.21. The number of carboxylic acid groups (broad SMARTS) is 1. The zero-order valence-electron chi connectivity index (χ0n) is 12.2. The second-order valence-corrected chi connectivity index (χ2v) is 5.40. The molecule has 1 saturated heterocycles. The van der Waals surface area contributed by atoms with Gasteiger partial charge in [0.2, 0.25) is 0 Å². The molecule has 0 spiro atoms. The lowest BCUT2D eigenvalue weighted by Gasteiger charge is -2.32. The number of likely N-dealkylation sites (tertiary alicyclic amines) is 1. The van der Waals surface area contributed by atoms with E-state index in [9.17, 15) is 9.59 Å². The maximum atomic E-state index is 12.4. The van der Waals surface area contributed by atoms with Crippen molar-refractivity contribution in [3.63, 3.8) is 0 Å². The van der Waals surface area contributed by atoms with Gasteiger partial charge >= 0.3 is 5.97 Å². The van der Waals surface area contributed by atoms with E-state index < -0.39 is 5.97 Å². The summed E-state index contributed by atoms with van der Waals surface area (Å²) in [6.07, 6.45) is 2.70. The van der Waals surface area contributed by atoms with Gasteiger partial charge in [-0.1, -0.05) is 0 Å². The molecule has 1 heterocycles. The molecule has 1 amide bonds. The topological polar surface area (TPSA) is 66.8 Å². The van der Waals surface area contributed by atoms with Gasteiger partial charge in [-0.3, -0.25) is 9.59 Å². The molecule has 5 nitrogen and oxygen atoms in total. The van der Waals surface area contributed by atoms with Gasteiger partial charge in [-0.25, -0.2) is 0 Å². The zero-order valence-corrected chi connectivity index (χ0v) is 12.2. The number of rotatable bonds is 5. The summed E-state index contributed by atoms with van der Waals surface area (Å²) in [6.45, 7) is 1.41. The molecule has 0 bridgehead atoms. The largest absolute Gasteiger partial charge is 0.497 e. The molecule has 5 heteroatoms. The normalized spacial score (nSPS) is 15.8. The highest BCUT2D eigenvalue weighted by molar-refractivity contribution is 5.94. The number of nitrogens with zero attached hydrogens (tertiary/aromatic N) is 1. The molecule has 0 saturated carbocycles. The van der Waals surface area contributed by atoms with Crippen molar-refractivity contribution in [2.45, 2.75) is 25.7 Å². The number of carbonyl (C=O) groups is 2. The number of amides is 1. The Labute approximate surface area is 124 Å². The first kappa shape index (κ1) is 15.4. The number of hydrogen-bond donors (Lipinski definition) is 1. The average Bonchev–Trinajstić information content (AvgIpc) is 2.53. The van der Waals surface area contributed by atoms with Crippen molar-refractivity contribution in [1.29, 1.82) is 0 Å². The van der Waals surface area contributed by atoms with Gasteiger partial charge in [0.05, 0.1) is 7.11 Å². The van der Waals surface area contributed by atoms with Crippen molar-refractivity contribution in [2.24, 2.45) is 5.92 Å². The first-order valence-electron chi connectivity index (χ1n) is 7.25. The Morgan fingerprint density at radius 3 is 2.38 bits per heavy atom. The van der Waals surface area contributed by atoms with Crippen LogP contribution in [0.2, 0.25) is 0 Å². The number of benzene rings is 1. The highest BCUT2D eigenvalue weighted by Gasteiger charge is 2.23. The summed E-state index contributed by atoms with van der Waals surface area (Å²) in [4.78, 5) is 24.8. The summed E-state index contributed by atoms with van der Waals surface area (Å²) >= 11 is 0. The number of hydrogen-bond acceptors (Lipinski definition) is 3. The number of carboxylic acids is 1. The third-order valence-electron chi connectivity index (χ3n) is 4.01. The standard InChI is InChI=1S/C16H21NO4/c1-21-14-5-3-13(4-6-14)16(20)17-10-8-12(9-11-17)2-7-15(18)19/h3-6,12H,2,7-11H2,1H3,(H,18,19). The fraction of sp³-hybridized carbons (Fsp3) is 0.500. The van der Waals surface area contributed by atoms with Gasteiger partial charge in [0, 0.05) is 25.1 Å². The van der Waals surface area contributed by atoms with E-state index in [4.69, 9.17) is 9.84 Å². The van der Waals surface area contributed by atoms with Crippen molar-refractivity contribution >= 4 is 11.9 Å². The maximum Gasteiger partial charge on any atom is 0.303 e. The molecule has 114 valence electrons. The fourth-order valence-electron chi connectivity index (χ4n) is 2.67. The Hall–Kier alpha value is -2.04. The Morgan fingerprint density at radius 2 is 1.86 bits per heavy atom. The molecule has 1 aromatic rings. The van der Waals surface area contributed by atoms with Crippen molar-refractivity contribution in [3.8, 4) is 5.75 Å². The smallest absolute Gasteiger partial charge is 0.303 e. The molecule has 0 unspecified atom stereocenters. The van der Waals surface area contributed by atoms with E-state index in [2.05, 4.69) is 0 Å². The van der Waals surface area contributed by atoms with E-state index in [1.165, 1.54) is 0 Å². The summed E-state index contributed by atoms with van der Waals surface area (Å²) in [5, 5.41) is 8.70. The van der Waals surface area contributed by atoms with Crippen LogP contribution < -0.4 is 4.74 Å². The number of carbonyl (C=O) groups excluding carboxylic acids is 1. The van der Waals surface area contributed by atoms with Gasteiger partial charge in [0.1, 0.15) is 5.75 Å². The van der Waals surface area contributed by atoms with Gasteiger partial charge in [0.25, 0.3) is 5.91 Å². The minimum Gasteiger partial charge on any atom is -0.497 e. The van der Waals surface area contributed by atoms with Gasteiger partial charge < -0.3 is 14.7 Å². The monoisotopic (exact) mass is 291 g/mol. The highest BCUT2D eigenvalue weighted by atomic mass is 16.5. The minimum absolute atomic E-state index is 0.0364. The molecule has 1 N–H and O–H groups in total. The van der Waals surface area contributed by atoms with E-state index in [0.29, 0.717) is 31.0 Å². The molecule has 0 radical (unpaired) electrons. The summed E-state index contributed by atoms with van der Waals surface area (Å²) in [5.74, 6) is 0.445. The molecule has 0 atom stereocenters. The molecule has 0 aromatic heterocycles. The Bertz CT molecular complexity index is 490. The third-order valence-corrected chi connectivity index (χ3v) is 4.01. The molecule has 0 aliphatic carbocycles. The maximum absolute atomic E-state index is 12.4. The quantitative estimate of drug-likeness (QED) is 0.904. The second-order valence-electron chi connectivity index (χ2n) is 5.40. The first-order chi connectivity index (χ1) is 10.1. The fourth-order valence-corrected chi connectivity index (χ4v) is 2.67. The van der Waals surface area contributed by atoms with E-state index in [1.54, 1.807) is 31.4 Å². The molecular weight excluding hydrogens is 270 g/mol. The van der Waals surface area contributed by atoms with Crippen LogP contribution in [0.5, 0.6) is 5.75 Å². The lowest BCUT2D eigenvalue weighted by molar-refractivity contribution is -0.137. The number of methoxy groups -OCH3 is 1. The Kier molecular flexibility index (Phi) is 5.20. The lowest BCUT2D eigenvalue weighted by Crippen LogP contribution is -2.38. The highest BCUT2D eigenvalue weighted by Crippen LogP contribution is 2.23. The van der Waals surface area contributed by atoms with Crippen LogP contribution in [-0.2, 0) is 4.79 Å². The van der Waals surface area contributed by atoms with Crippen LogP contribution in [0.25, 0.3) is 0 Å². The van der Waals surface area contributed by atoms with Crippen LogP contribution in [0.1, 0.15) is 36.0 Å². The summed E-state index contributed by atoms with van der Waals surface area (Å²) < 4.78 is 5.08. The van der Waals surface area contributed by atoms with E-state index in [1.807, 2.05) is 4.90 Å². The van der Waals surface area contributed by atoms with Crippen LogP contribution in [0.4, 0.5) is 0 Å². The molecule has 1 fully saturated rings. The van der Waals surface area contributed by atoms with Gasteiger partial charge in [-0.15, -0.1) is 0 Å². The zero-order chi connectivity index (χ0) is 15.2. The minimum atomic E-state index is -0.744. The van der Waals surface area contributed by atoms with Gasteiger partial charge in [0.15, 0.2) is 0 Å².